The van der Waals surface area contributed by atoms with Crippen LogP contribution in [0.4, 0.5) is 0 Å². The SMILES string of the molecule is CCc1ccc(/C=N\NC(=O)[C@H](O)c2ccccc2)cc1. The fraction of sp³-hybridized carbons (Fsp3) is 0.176. The number of aliphatic hydroxyl groups excluding tert-OH is 1. The van der Waals surface area contributed by atoms with Crippen molar-refractivity contribution >= 4 is 12.1 Å². The molecule has 0 saturated heterocycles. The van der Waals surface area contributed by atoms with Crippen molar-refractivity contribution in [3.63, 3.8) is 0 Å². The minimum absolute atomic E-state index is 0.539. The maximum absolute atomic E-state index is 11.8. The van der Waals surface area contributed by atoms with E-state index in [0.29, 0.717) is 5.56 Å². The van der Waals surface area contributed by atoms with Crippen molar-refractivity contribution in [3.05, 3.63) is 71.3 Å². The molecular formula is C17H18N2O2. The summed E-state index contributed by atoms with van der Waals surface area (Å²) in [5, 5.41) is 13.7. The third-order valence-corrected chi connectivity index (χ3v) is 3.14. The van der Waals surface area contributed by atoms with Gasteiger partial charge in [-0.15, -0.1) is 0 Å². The molecule has 4 heteroatoms. The molecule has 2 N–H and O–H groups in total. The minimum Gasteiger partial charge on any atom is -0.378 e. The monoisotopic (exact) mass is 282 g/mol. The van der Waals surface area contributed by atoms with Crippen molar-refractivity contribution in [1.29, 1.82) is 0 Å². The number of hydrazone groups is 1. The first-order valence-corrected chi connectivity index (χ1v) is 6.85. The Labute approximate surface area is 124 Å². The lowest BCUT2D eigenvalue weighted by molar-refractivity contribution is -0.129. The third kappa shape index (κ3) is 4.26. The number of aryl methyl sites for hydroxylation is 1. The van der Waals surface area contributed by atoms with Crippen molar-refractivity contribution < 1.29 is 9.90 Å². The summed E-state index contributed by atoms with van der Waals surface area (Å²) in [4.78, 5) is 11.8. The van der Waals surface area contributed by atoms with Crippen LogP contribution >= 0.6 is 0 Å². The van der Waals surface area contributed by atoms with E-state index in [0.717, 1.165) is 12.0 Å². The zero-order valence-electron chi connectivity index (χ0n) is 11.9. The lowest BCUT2D eigenvalue weighted by Crippen LogP contribution is -2.25. The number of carbonyl (C=O) groups excluding carboxylic acids is 1. The minimum atomic E-state index is -1.22. The van der Waals surface area contributed by atoms with Gasteiger partial charge >= 0.3 is 0 Å². The van der Waals surface area contributed by atoms with Gasteiger partial charge < -0.3 is 5.11 Å². The van der Waals surface area contributed by atoms with Gasteiger partial charge in [-0.1, -0.05) is 61.5 Å². The van der Waals surface area contributed by atoms with E-state index in [2.05, 4.69) is 17.5 Å². The van der Waals surface area contributed by atoms with Gasteiger partial charge in [0.1, 0.15) is 0 Å². The highest BCUT2D eigenvalue weighted by Gasteiger charge is 2.15. The summed E-state index contributed by atoms with van der Waals surface area (Å²) < 4.78 is 0. The fourth-order valence-electron chi connectivity index (χ4n) is 1.86. The number of carbonyl (C=O) groups is 1. The van der Waals surface area contributed by atoms with Crippen LogP contribution in [0.15, 0.2) is 59.7 Å². The quantitative estimate of drug-likeness (QED) is 0.653. The fourth-order valence-corrected chi connectivity index (χ4v) is 1.86. The van der Waals surface area contributed by atoms with E-state index >= 15 is 0 Å². The van der Waals surface area contributed by atoms with Gasteiger partial charge in [0, 0.05) is 0 Å². The largest absolute Gasteiger partial charge is 0.378 e. The van der Waals surface area contributed by atoms with Crippen LogP contribution in [0.2, 0.25) is 0 Å². The van der Waals surface area contributed by atoms with E-state index in [9.17, 15) is 9.90 Å². The topological polar surface area (TPSA) is 61.7 Å². The van der Waals surface area contributed by atoms with Crippen LogP contribution in [-0.2, 0) is 11.2 Å². The molecule has 108 valence electrons. The lowest BCUT2D eigenvalue weighted by Gasteiger charge is -2.08. The van der Waals surface area contributed by atoms with Gasteiger partial charge in [-0.05, 0) is 23.1 Å². The molecule has 1 atom stereocenters. The van der Waals surface area contributed by atoms with Gasteiger partial charge in [-0.2, -0.15) is 5.10 Å². The van der Waals surface area contributed by atoms with Gasteiger partial charge in [0.2, 0.25) is 0 Å². The van der Waals surface area contributed by atoms with Crippen LogP contribution in [0.25, 0.3) is 0 Å². The maximum atomic E-state index is 11.8. The summed E-state index contributed by atoms with van der Waals surface area (Å²) in [7, 11) is 0. The average molecular weight is 282 g/mol. The van der Waals surface area contributed by atoms with Crippen LogP contribution in [-0.4, -0.2) is 17.2 Å². The van der Waals surface area contributed by atoms with Gasteiger partial charge in [0.15, 0.2) is 6.10 Å². The molecule has 0 aliphatic carbocycles. The Bertz CT molecular complexity index is 606. The zero-order chi connectivity index (χ0) is 15.1. The van der Waals surface area contributed by atoms with E-state index in [-0.39, 0.29) is 0 Å². The van der Waals surface area contributed by atoms with Crippen molar-refractivity contribution in [2.24, 2.45) is 5.10 Å². The number of rotatable bonds is 5. The van der Waals surface area contributed by atoms with Gasteiger partial charge in [0.25, 0.3) is 5.91 Å². The number of hydrogen-bond acceptors (Lipinski definition) is 3. The summed E-state index contributed by atoms with van der Waals surface area (Å²) in [6.07, 6.45) is 1.32. The second kappa shape index (κ2) is 7.36. The third-order valence-electron chi connectivity index (χ3n) is 3.14. The molecule has 4 nitrogen and oxygen atoms in total. The number of nitrogens with zero attached hydrogens (tertiary/aromatic N) is 1. The first kappa shape index (κ1) is 14.9. The van der Waals surface area contributed by atoms with E-state index in [4.69, 9.17) is 0 Å². The molecule has 0 aliphatic heterocycles. The predicted molar refractivity (Wildman–Crippen MR) is 83.0 cm³/mol. The first-order valence-electron chi connectivity index (χ1n) is 6.85. The van der Waals surface area contributed by atoms with Crippen LogP contribution < -0.4 is 5.43 Å². The molecule has 1 amide bonds. The Morgan fingerprint density at radius 3 is 2.48 bits per heavy atom. The Morgan fingerprint density at radius 1 is 1.19 bits per heavy atom. The first-order chi connectivity index (χ1) is 10.2. The number of amides is 1. The normalized spacial score (nSPS) is 12.3. The van der Waals surface area contributed by atoms with E-state index < -0.39 is 12.0 Å². The second-order valence-electron chi connectivity index (χ2n) is 4.64. The van der Waals surface area contributed by atoms with Gasteiger partial charge in [-0.25, -0.2) is 5.43 Å². The zero-order valence-corrected chi connectivity index (χ0v) is 11.9. The molecule has 0 unspecified atom stereocenters. The lowest BCUT2D eigenvalue weighted by atomic mass is 10.1. The molecule has 0 heterocycles. The molecule has 2 aromatic carbocycles. The molecule has 0 radical (unpaired) electrons. The number of nitrogens with one attached hydrogen (secondary N) is 1. The highest BCUT2D eigenvalue weighted by Crippen LogP contribution is 2.11. The van der Waals surface area contributed by atoms with Crippen LogP contribution in [0.1, 0.15) is 29.7 Å². The molecule has 0 spiro atoms. The molecule has 0 bridgehead atoms. The summed E-state index contributed by atoms with van der Waals surface area (Å²) in [6.45, 7) is 2.09. The van der Waals surface area contributed by atoms with Crippen LogP contribution in [0, 0.1) is 0 Å². The highest BCUT2D eigenvalue weighted by atomic mass is 16.3. The highest BCUT2D eigenvalue weighted by molar-refractivity contribution is 5.84. The molecule has 0 fully saturated rings. The number of hydrogen-bond donors (Lipinski definition) is 2. The summed E-state index contributed by atoms with van der Waals surface area (Å²) >= 11 is 0. The summed E-state index contributed by atoms with van der Waals surface area (Å²) in [5.74, 6) is -0.553. The average Bonchev–Trinajstić information content (AvgIpc) is 2.55. The van der Waals surface area contributed by atoms with Crippen molar-refractivity contribution in [1.82, 2.24) is 5.43 Å². The molecular weight excluding hydrogens is 264 g/mol. The van der Waals surface area contributed by atoms with E-state index in [1.54, 1.807) is 30.5 Å². The molecule has 0 aliphatic rings. The Morgan fingerprint density at radius 2 is 1.86 bits per heavy atom. The van der Waals surface area contributed by atoms with E-state index in [1.165, 1.54) is 5.56 Å². The molecule has 0 aromatic heterocycles. The molecule has 2 aromatic rings. The maximum Gasteiger partial charge on any atom is 0.273 e. The Balaban J connectivity index is 1.92. The standard InChI is InChI=1S/C17H18N2O2/c1-2-13-8-10-14(11-9-13)12-18-19-17(21)16(20)15-6-4-3-5-7-15/h3-12,16,20H,2H2,1H3,(H,19,21)/b18-12-/t16-/m1/s1. The van der Waals surface area contributed by atoms with Crippen molar-refractivity contribution in [2.45, 2.75) is 19.4 Å². The predicted octanol–water partition coefficient (Wildman–Crippen LogP) is 2.43. The van der Waals surface area contributed by atoms with E-state index in [1.807, 2.05) is 30.3 Å². The molecule has 2 rings (SSSR count). The van der Waals surface area contributed by atoms with Crippen molar-refractivity contribution in [3.8, 4) is 0 Å². The molecule has 0 saturated carbocycles. The Hall–Kier alpha value is -2.46. The number of benzene rings is 2. The summed E-state index contributed by atoms with van der Waals surface area (Å²) in [6, 6.07) is 16.6. The second-order valence-corrected chi connectivity index (χ2v) is 4.64. The molecule has 21 heavy (non-hydrogen) atoms. The summed E-state index contributed by atoms with van der Waals surface area (Å²) in [5.41, 5.74) is 5.01. The smallest absolute Gasteiger partial charge is 0.273 e. The van der Waals surface area contributed by atoms with Crippen molar-refractivity contribution in [2.75, 3.05) is 0 Å². The van der Waals surface area contributed by atoms with Crippen LogP contribution in [0.3, 0.4) is 0 Å². The van der Waals surface area contributed by atoms with Crippen LogP contribution in [0.5, 0.6) is 0 Å². The van der Waals surface area contributed by atoms with Gasteiger partial charge in [-0.3, -0.25) is 4.79 Å². The Kier molecular flexibility index (Phi) is 5.23. The van der Waals surface area contributed by atoms with Gasteiger partial charge in [0.05, 0.1) is 6.21 Å². The number of aliphatic hydroxyl groups is 1.